The van der Waals surface area contributed by atoms with Gasteiger partial charge < -0.3 is 5.32 Å². The Morgan fingerprint density at radius 3 is 2.31 bits per heavy atom. The van der Waals surface area contributed by atoms with Gasteiger partial charge in [0.2, 0.25) is 0 Å². The zero-order valence-electron chi connectivity index (χ0n) is 16.6. The smallest absolute Gasteiger partial charge is 0.0576 e. The molecule has 1 N–H and O–H groups in total. The van der Waals surface area contributed by atoms with Gasteiger partial charge in [-0.2, -0.15) is 0 Å². The summed E-state index contributed by atoms with van der Waals surface area (Å²) in [7, 11) is 0. The fourth-order valence-corrected chi connectivity index (χ4v) is 3.98. The molecule has 0 aromatic heterocycles. The Balaban J connectivity index is 2.11. The number of rotatable bonds is 16. The second-order valence-corrected chi connectivity index (χ2v) is 7.94. The van der Waals surface area contributed by atoms with Crippen LogP contribution in [0.2, 0.25) is 0 Å². The van der Waals surface area contributed by atoms with E-state index in [1.54, 1.807) is 0 Å². The molecule has 1 aromatic rings. The predicted octanol–water partition coefficient (Wildman–Crippen LogP) is 6.94. The van der Waals surface area contributed by atoms with Crippen LogP contribution in [0.4, 0.5) is 0 Å². The van der Waals surface area contributed by atoms with E-state index >= 15 is 0 Å². The Bertz CT molecular complexity index is 515. The zero-order chi connectivity index (χ0) is 18.7. The molecule has 0 saturated heterocycles. The Morgan fingerprint density at radius 2 is 1.62 bits per heavy atom. The molecule has 1 nitrogen and oxygen atoms in total. The van der Waals surface area contributed by atoms with Gasteiger partial charge in [0, 0.05) is 11.4 Å². The number of thioether (sulfide) groups is 1. The van der Waals surface area contributed by atoms with Crippen molar-refractivity contribution < 1.29 is 0 Å². The van der Waals surface area contributed by atoms with Crippen molar-refractivity contribution in [3.8, 4) is 12.3 Å². The van der Waals surface area contributed by atoms with Crippen molar-refractivity contribution in [1.82, 2.24) is 5.32 Å². The summed E-state index contributed by atoms with van der Waals surface area (Å²) in [5, 5.41) is 3.19. The maximum absolute atomic E-state index is 5.24. The van der Waals surface area contributed by atoms with Crippen molar-refractivity contribution in [3.05, 3.63) is 35.9 Å². The largest absolute Gasteiger partial charge is 0.303 e. The summed E-state index contributed by atoms with van der Waals surface area (Å²) < 4.78 is 0. The van der Waals surface area contributed by atoms with E-state index in [2.05, 4.69) is 54.6 Å². The maximum atomic E-state index is 5.24. The molecule has 0 heterocycles. The molecule has 0 aliphatic heterocycles. The third kappa shape index (κ3) is 12.2. The molecule has 1 aromatic carbocycles. The van der Waals surface area contributed by atoms with E-state index in [9.17, 15) is 0 Å². The van der Waals surface area contributed by atoms with Gasteiger partial charge in [-0.25, -0.2) is 0 Å². The van der Waals surface area contributed by atoms with Crippen LogP contribution >= 0.6 is 11.8 Å². The van der Waals surface area contributed by atoms with Gasteiger partial charge in [0.15, 0.2) is 0 Å². The minimum Gasteiger partial charge on any atom is -0.303 e. The quantitative estimate of drug-likeness (QED) is 0.192. The van der Waals surface area contributed by atoms with Crippen molar-refractivity contribution in [3.63, 3.8) is 0 Å². The summed E-state index contributed by atoms with van der Waals surface area (Å²) in [6.45, 7) is 3.73. The topological polar surface area (TPSA) is 12.0 Å². The number of terminal acetylenes is 1. The van der Waals surface area contributed by atoms with Crippen LogP contribution in [0, 0.1) is 12.3 Å². The normalized spacial score (nSPS) is 11.1. The molecule has 0 atom stereocenters. The summed E-state index contributed by atoms with van der Waals surface area (Å²) in [6.07, 6.45) is 23.6. The summed E-state index contributed by atoms with van der Waals surface area (Å²) in [4.78, 5) is 1.39. The van der Waals surface area contributed by atoms with Crippen molar-refractivity contribution in [2.24, 2.45) is 0 Å². The van der Waals surface area contributed by atoms with E-state index in [1.165, 1.54) is 80.4 Å². The molecule has 0 radical (unpaired) electrons. The first-order chi connectivity index (χ1) is 12.9. The van der Waals surface area contributed by atoms with E-state index in [0.717, 1.165) is 6.54 Å². The number of benzene rings is 1. The highest BCUT2D eigenvalue weighted by Crippen LogP contribution is 2.25. The van der Waals surface area contributed by atoms with Crippen LogP contribution in [0.3, 0.4) is 0 Å². The van der Waals surface area contributed by atoms with Crippen LogP contribution < -0.4 is 5.32 Å². The third-order valence-corrected chi connectivity index (χ3v) is 5.64. The first-order valence-corrected chi connectivity index (χ1v) is 11.4. The number of hydrogen-bond donors (Lipinski definition) is 1. The second-order valence-electron chi connectivity index (χ2n) is 6.81. The fraction of sp³-hybridized carbons (Fsp3) is 0.583. The average Bonchev–Trinajstić information content (AvgIpc) is 2.67. The summed E-state index contributed by atoms with van der Waals surface area (Å²) in [5.41, 5.74) is 1.31. The maximum Gasteiger partial charge on any atom is 0.0576 e. The lowest BCUT2D eigenvalue weighted by atomic mass is 10.1. The summed E-state index contributed by atoms with van der Waals surface area (Å²) >= 11 is 1.99. The molecule has 2 heteroatoms. The molecule has 1 rings (SSSR count). The summed E-state index contributed by atoms with van der Waals surface area (Å²) in [5.74, 6) is 3.81. The van der Waals surface area contributed by atoms with Gasteiger partial charge in [-0.1, -0.05) is 101 Å². The van der Waals surface area contributed by atoms with Gasteiger partial charge in [0.05, 0.1) is 6.54 Å². The van der Waals surface area contributed by atoms with E-state index in [1.807, 2.05) is 11.8 Å². The van der Waals surface area contributed by atoms with E-state index in [0.29, 0.717) is 6.54 Å². The molecule has 0 spiro atoms. The Hall–Kier alpha value is -1.17. The SMILES string of the molecule is C#CCNC/C=C/c1ccccc1SCCCCCCCCCCCC. The molecular weight excluding hydrogens is 334 g/mol. The average molecular weight is 372 g/mol. The Kier molecular flexibility index (Phi) is 15.2. The number of nitrogens with one attached hydrogen (secondary N) is 1. The van der Waals surface area contributed by atoms with Crippen LogP contribution in [-0.2, 0) is 0 Å². The lowest BCUT2D eigenvalue weighted by molar-refractivity contribution is 0.563. The monoisotopic (exact) mass is 371 g/mol. The lowest BCUT2D eigenvalue weighted by Gasteiger charge is -2.06. The Morgan fingerprint density at radius 1 is 0.962 bits per heavy atom. The second kappa shape index (κ2) is 17.3. The molecule has 0 bridgehead atoms. The van der Waals surface area contributed by atoms with Crippen molar-refractivity contribution in [1.29, 1.82) is 0 Å². The predicted molar refractivity (Wildman–Crippen MR) is 120 cm³/mol. The zero-order valence-corrected chi connectivity index (χ0v) is 17.5. The fourth-order valence-electron chi connectivity index (χ4n) is 2.93. The molecular formula is C24H37NS. The van der Waals surface area contributed by atoms with E-state index < -0.39 is 0 Å². The number of unbranched alkanes of at least 4 members (excludes halogenated alkanes) is 9. The van der Waals surface area contributed by atoms with Crippen molar-refractivity contribution in [2.45, 2.75) is 76.0 Å². The van der Waals surface area contributed by atoms with Gasteiger partial charge >= 0.3 is 0 Å². The number of hydrogen-bond acceptors (Lipinski definition) is 2. The van der Waals surface area contributed by atoms with Crippen LogP contribution in [0.1, 0.15) is 76.7 Å². The van der Waals surface area contributed by atoms with Gasteiger partial charge in [-0.3, -0.25) is 0 Å². The van der Waals surface area contributed by atoms with Gasteiger partial charge in [-0.05, 0) is 23.8 Å². The molecule has 0 aliphatic carbocycles. The van der Waals surface area contributed by atoms with Crippen molar-refractivity contribution >= 4 is 17.8 Å². The molecule has 0 saturated carbocycles. The minimum absolute atomic E-state index is 0.624. The standard InChI is InChI=1S/C24H37NS/c1-3-5-6-7-8-9-10-11-12-15-22-26-24-19-14-13-17-23(24)18-16-21-25-20-4-2/h2,13-14,16-19,25H,3,5-12,15,20-22H2,1H3/b18-16+. The lowest BCUT2D eigenvalue weighted by Crippen LogP contribution is -2.12. The molecule has 0 unspecified atom stereocenters. The van der Waals surface area contributed by atoms with Crippen LogP contribution in [0.15, 0.2) is 35.2 Å². The first kappa shape index (κ1) is 22.9. The molecule has 144 valence electrons. The highest BCUT2D eigenvalue weighted by molar-refractivity contribution is 7.99. The van der Waals surface area contributed by atoms with E-state index in [4.69, 9.17) is 6.42 Å². The molecule has 26 heavy (non-hydrogen) atoms. The van der Waals surface area contributed by atoms with Crippen LogP contribution in [0.25, 0.3) is 6.08 Å². The summed E-state index contributed by atoms with van der Waals surface area (Å²) in [6, 6.07) is 8.67. The van der Waals surface area contributed by atoms with Gasteiger partial charge in [-0.15, -0.1) is 18.2 Å². The van der Waals surface area contributed by atoms with Crippen LogP contribution in [0.5, 0.6) is 0 Å². The molecule has 0 fully saturated rings. The van der Waals surface area contributed by atoms with Crippen molar-refractivity contribution in [2.75, 3.05) is 18.8 Å². The Labute approximate surface area is 166 Å². The highest BCUT2D eigenvalue weighted by Gasteiger charge is 1.99. The molecule has 0 amide bonds. The highest BCUT2D eigenvalue weighted by atomic mass is 32.2. The molecule has 0 aliphatic rings. The van der Waals surface area contributed by atoms with E-state index in [-0.39, 0.29) is 0 Å². The third-order valence-electron chi connectivity index (χ3n) is 4.46. The van der Waals surface area contributed by atoms with Gasteiger partial charge in [0.1, 0.15) is 0 Å². The van der Waals surface area contributed by atoms with Gasteiger partial charge in [0.25, 0.3) is 0 Å². The first-order valence-electron chi connectivity index (χ1n) is 10.4. The minimum atomic E-state index is 0.624. The van der Waals surface area contributed by atoms with Crippen LogP contribution in [-0.4, -0.2) is 18.8 Å².